The molecule has 0 spiro atoms. The first-order valence-corrected chi connectivity index (χ1v) is 7.35. The maximum Gasteiger partial charge on any atom is 0.128 e. The normalized spacial score (nSPS) is 12.4. The van der Waals surface area contributed by atoms with Gasteiger partial charge in [0.15, 0.2) is 0 Å². The Morgan fingerprint density at radius 1 is 1.10 bits per heavy atom. The highest BCUT2D eigenvalue weighted by Crippen LogP contribution is 2.28. The average Bonchev–Trinajstić information content (AvgIpc) is 2.46. The SMILES string of the molecule is CCCNC(c1ccc(F)c(C)c1)c1cc(Cl)ccc1F. The van der Waals surface area contributed by atoms with Crippen molar-refractivity contribution in [3.05, 3.63) is 69.7 Å². The Morgan fingerprint density at radius 3 is 2.48 bits per heavy atom. The van der Waals surface area contributed by atoms with E-state index in [0.29, 0.717) is 16.1 Å². The van der Waals surface area contributed by atoms with Gasteiger partial charge in [0.25, 0.3) is 0 Å². The van der Waals surface area contributed by atoms with Crippen molar-refractivity contribution in [2.75, 3.05) is 6.54 Å². The molecule has 0 saturated heterocycles. The van der Waals surface area contributed by atoms with Gasteiger partial charge in [-0.05, 0) is 55.3 Å². The zero-order chi connectivity index (χ0) is 15.4. The van der Waals surface area contributed by atoms with Gasteiger partial charge < -0.3 is 5.32 Å². The highest BCUT2D eigenvalue weighted by Gasteiger charge is 2.18. The molecule has 1 atom stereocenters. The van der Waals surface area contributed by atoms with Crippen LogP contribution >= 0.6 is 11.6 Å². The third-order valence-corrected chi connectivity index (χ3v) is 3.62. The van der Waals surface area contributed by atoms with Crippen LogP contribution in [0.25, 0.3) is 0 Å². The van der Waals surface area contributed by atoms with E-state index in [-0.39, 0.29) is 17.7 Å². The lowest BCUT2D eigenvalue weighted by molar-refractivity contribution is 0.545. The van der Waals surface area contributed by atoms with Crippen molar-refractivity contribution in [3.63, 3.8) is 0 Å². The second kappa shape index (κ2) is 7.01. The number of hydrogen-bond donors (Lipinski definition) is 1. The van der Waals surface area contributed by atoms with E-state index in [1.807, 2.05) is 6.92 Å². The molecule has 0 saturated carbocycles. The van der Waals surface area contributed by atoms with Crippen LogP contribution in [0.3, 0.4) is 0 Å². The van der Waals surface area contributed by atoms with Crippen LogP contribution in [0.1, 0.15) is 36.1 Å². The molecule has 2 aromatic carbocycles. The molecule has 21 heavy (non-hydrogen) atoms. The molecular formula is C17H18ClF2N. The predicted molar refractivity (Wildman–Crippen MR) is 82.7 cm³/mol. The molecule has 0 amide bonds. The van der Waals surface area contributed by atoms with E-state index in [0.717, 1.165) is 18.5 Å². The fourth-order valence-corrected chi connectivity index (χ4v) is 2.46. The Balaban J connectivity index is 2.46. The van der Waals surface area contributed by atoms with Crippen molar-refractivity contribution in [2.45, 2.75) is 26.3 Å². The van der Waals surface area contributed by atoms with E-state index < -0.39 is 0 Å². The summed E-state index contributed by atoms with van der Waals surface area (Å²) < 4.78 is 27.6. The van der Waals surface area contributed by atoms with Crippen molar-refractivity contribution in [1.82, 2.24) is 5.32 Å². The van der Waals surface area contributed by atoms with E-state index in [1.54, 1.807) is 25.1 Å². The van der Waals surface area contributed by atoms with Gasteiger partial charge in [-0.15, -0.1) is 0 Å². The number of halogens is 3. The molecule has 0 aliphatic carbocycles. The maximum atomic E-state index is 14.1. The fourth-order valence-electron chi connectivity index (χ4n) is 2.28. The van der Waals surface area contributed by atoms with Crippen LogP contribution in [0.4, 0.5) is 8.78 Å². The molecule has 0 aliphatic rings. The molecule has 0 heterocycles. The molecule has 112 valence electrons. The summed E-state index contributed by atoms with van der Waals surface area (Å²) in [5, 5.41) is 3.78. The lowest BCUT2D eigenvalue weighted by atomic mass is 9.96. The molecule has 2 rings (SSSR count). The fraction of sp³-hybridized carbons (Fsp3) is 0.294. The van der Waals surface area contributed by atoms with Crippen LogP contribution < -0.4 is 5.32 Å². The van der Waals surface area contributed by atoms with Crippen molar-refractivity contribution in [3.8, 4) is 0 Å². The number of nitrogens with one attached hydrogen (secondary N) is 1. The van der Waals surface area contributed by atoms with Gasteiger partial charge >= 0.3 is 0 Å². The summed E-state index contributed by atoms with van der Waals surface area (Å²) in [4.78, 5) is 0. The topological polar surface area (TPSA) is 12.0 Å². The standard InChI is InChI=1S/C17H18ClF2N/c1-3-8-21-17(12-4-6-15(19)11(2)9-12)14-10-13(18)5-7-16(14)20/h4-7,9-10,17,21H,3,8H2,1-2H3. The first kappa shape index (κ1) is 15.9. The molecule has 4 heteroatoms. The van der Waals surface area contributed by atoms with Crippen LogP contribution in [0.5, 0.6) is 0 Å². The molecule has 0 radical (unpaired) electrons. The zero-order valence-corrected chi connectivity index (χ0v) is 12.8. The summed E-state index contributed by atoms with van der Waals surface area (Å²) in [5.74, 6) is -0.588. The second-order valence-electron chi connectivity index (χ2n) is 5.06. The molecule has 1 unspecified atom stereocenters. The zero-order valence-electron chi connectivity index (χ0n) is 12.1. The molecule has 0 bridgehead atoms. The first-order chi connectivity index (χ1) is 10.0. The number of hydrogen-bond acceptors (Lipinski definition) is 1. The minimum atomic E-state index is -0.344. The van der Waals surface area contributed by atoms with Crippen LogP contribution in [0.15, 0.2) is 36.4 Å². The van der Waals surface area contributed by atoms with Gasteiger partial charge in [-0.25, -0.2) is 8.78 Å². The van der Waals surface area contributed by atoms with Gasteiger partial charge in [-0.1, -0.05) is 30.7 Å². The van der Waals surface area contributed by atoms with Gasteiger partial charge in [-0.3, -0.25) is 0 Å². The first-order valence-electron chi connectivity index (χ1n) is 6.97. The third kappa shape index (κ3) is 3.80. The van der Waals surface area contributed by atoms with Gasteiger partial charge in [0.1, 0.15) is 11.6 Å². The largest absolute Gasteiger partial charge is 0.306 e. The van der Waals surface area contributed by atoms with E-state index >= 15 is 0 Å². The number of rotatable bonds is 5. The van der Waals surface area contributed by atoms with Crippen LogP contribution in [0, 0.1) is 18.6 Å². The minimum absolute atomic E-state index is 0.264. The van der Waals surface area contributed by atoms with Crippen LogP contribution in [0.2, 0.25) is 5.02 Å². The Kier molecular flexibility index (Phi) is 5.32. The molecule has 1 N–H and O–H groups in total. The van der Waals surface area contributed by atoms with Crippen molar-refractivity contribution in [2.24, 2.45) is 0 Å². The van der Waals surface area contributed by atoms with Crippen LogP contribution in [-0.4, -0.2) is 6.54 Å². The molecule has 1 nitrogen and oxygen atoms in total. The van der Waals surface area contributed by atoms with E-state index in [2.05, 4.69) is 5.32 Å². The monoisotopic (exact) mass is 309 g/mol. The van der Waals surface area contributed by atoms with Gasteiger partial charge in [-0.2, -0.15) is 0 Å². The molecular weight excluding hydrogens is 292 g/mol. The molecule has 0 aromatic heterocycles. The van der Waals surface area contributed by atoms with Crippen molar-refractivity contribution in [1.29, 1.82) is 0 Å². The maximum absolute atomic E-state index is 14.1. The van der Waals surface area contributed by atoms with Gasteiger partial charge in [0, 0.05) is 10.6 Å². The van der Waals surface area contributed by atoms with E-state index in [1.165, 1.54) is 18.2 Å². The number of aryl methyl sites for hydroxylation is 1. The molecule has 0 aliphatic heterocycles. The summed E-state index contributed by atoms with van der Waals surface area (Å²) in [6.07, 6.45) is 0.916. The average molecular weight is 310 g/mol. The van der Waals surface area contributed by atoms with E-state index in [4.69, 9.17) is 11.6 Å². The summed E-state index contributed by atoms with van der Waals surface area (Å²) in [6.45, 7) is 4.46. The Labute approximate surface area is 128 Å². The molecule has 0 fully saturated rings. The second-order valence-corrected chi connectivity index (χ2v) is 5.50. The summed E-state index contributed by atoms with van der Waals surface area (Å²) in [6, 6.07) is 8.97. The van der Waals surface area contributed by atoms with Crippen LogP contribution in [-0.2, 0) is 0 Å². The lowest BCUT2D eigenvalue weighted by Crippen LogP contribution is -2.24. The highest BCUT2D eigenvalue weighted by atomic mass is 35.5. The Morgan fingerprint density at radius 2 is 1.81 bits per heavy atom. The molecule has 2 aromatic rings. The lowest BCUT2D eigenvalue weighted by Gasteiger charge is -2.21. The summed E-state index contributed by atoms with van der Waals surface area (Å²) in [7, 11) is 0. The summed E-state index contributed by atoms with van der Waals surface area (Å²) in [5.41, 5.74) is 1.84. The third-order valence-electron chi connectivity index (χ3n) is 3.38. The Bertz CT molecular complexity index is 628. The van der Waals surface area contributed by atoms with Crippen molar-refractivity contribution >= 4 is 11.6 Å². The van der Waals surface area contributed by atoms with Gasteiger partial charge in [0.2, 0.25) is 0 Å². The quantitative estimate of drug-likeness (QED) is 0.818. The smallest absolute Gasteiger partial charge is 0.128 e. The highest BCUT2D eigenvalue weighted by molar-refractivity contribution is 6.30. The number of benzene rings is 2. The van der Waals surface area contributed by atoms with Gasteiger partial charge in [0.05, 0.1) is 6.04 Å². The Hall–Kier alpha value is -1.45. The predicted octanol–water partition coefficient (Wildman–Crippen LogP) is 5.02. The van der Waals surface area contributed by atoms with Crippen molar-refractivity contribution < 1.29 is 8.78 Å². The van der Waals surface area contributed by atoms with E-state index in [9.17, 15) is 8.78 Å². The minimum Gasteiger partial charge on any atom is -0.306 e. The summed E-state index contributed by atoms with van der Waals surface area (Å²) >= 11 is 5.98.